The van der Waals surface area contributed by atoms with Crippen LogP contribution in [-0.2, 0) is 33.2 Å². The molecule has 3 fully saturated rings. The van der Waals surface area contributed by atoms with Crippen LogP contribution in [0.2, 0.25) is 0 Å². The number of carbonyl (C=O) groups excluding carboxylic acids is 1. The molecule has 0 aromatic rings. The highest BCUT2D eigenvalue weighted by atomic mass is 16.8. The number of aliphatic hydroxyl groups excluding tert-OH is 11. The Kier molecular flexibility index (Phi) is 30.4. The Balaban J connectivity index is 1.58. The van der Waals surface area contributed by atoms with E-state index in [9.17, 15) is 61.0 Å². The van der Waals surface area contributed by atoms with Crippen LogP contribution in [-0.4, -0.2) is 193 Å². The lowest BCUT2D eigenvalue weighted by molar-refractivity contribution is -0.379. The van der Waals surface area contributed by atoms with E-state index in [1.807, 2.05) is 6.08 Å². The minimum absolute atomic E-state index is 0.246. The molecule has 0 aromatic carbocycles. The van der Waals surface area contributed by atoms with Crippen LogP contribution in [0.3, 0.4) is 0 Å². The summed E-state index contributed by atoms with van der Waals surface area (Å²) in [6, 6.07) is -0.963. The van der Waals surface area contributed by atoms with E-state index in [1.165, 1.54) is 83.5 Å². The quantitative estimate of drug-likeness (QED) is 0.0316. The standard InChI is InChI=1S/C48H89NO18/c1-3-5-7-9-11-13-14-15-16-18-19-21-23-25-32(53)31(49-36(54)26-24-22-20-17-12-10-8-6-4-2)30-62-46-42(60)39(57)44(34(28-51)64-46)67-48-43(61)40(58)45(35(29-52)65-48)66-47-41(59)38(56)37(55)33(27-50)63-47/h23,25,31-35,37-48,50-53,55-61H,3-22,24,26-30H2,1-2H3,(H,49,54)/b25-23+. The fourth-order valence-corrected chi connectivity index (χ4v) is 8.78. The molecule has 394 valence electrons. The van der Waals surface area contributed by atoms with Gasteiger partial charge in [-0.3, -0.25) is 4.79 Å². The van der Waals surface area contributed by atoms with Gasteiger partial charge >= 0.3 is 0 Å². The summed E-state index contributed by atoms with van der Waals surface area (Å²) in [5.74, 6) is -0.281. The van der Waals surface area contributed by atoms with Gasteiger partial charge in [0, 0.05) is 6.42 Å². The van der Waals surface area contributed by atoms with E-state index >= 15 is 0 Å². The third kappa shape index (κ3) is 20.3. The summed E-state index contributed by atoms with van der Waals surface area (Å²) in [6.45, 7) is 1.65. The number of ether oxygens (including phenoxy) is 6. The van der Waals surface area contributed by atoms with Crippen LogP contribution in [0.4, 0.5) is 0 Å². The maximum absolute atomic E-state index is 13.1. The number of allylic oxidation sites excluding steroid dienone is 1. The van der Waals surface area contributed by atoms with Crippen molar-refractivity contribution in [1.29, 1.82) is 0 Å². The molecule has 0 radical (unpaired) electrons. The summed E-state index contributed by atoms with van der Waals surface area (Å²) in [4.78, 5) is 13.1. The van der Waals surface area contributed by atoms with E-state index in [2.05, 4.69) is 19.2 Å². The van der Waals surface area contributed by atoms with Gasteiger partial charge in [-0.15, -0.1) is 0 Å². The van der Waals surface area contributed by atoms with Crippen molar-refractivity contribution >= 4 is 5.91 Å². The van der Waals surface area contributed by atoms with Gasteiger partial charge in [-0.25, -0.2) is 0 Å². The minimum atomic E-state index is -1.97. The summed E-state index contributed by atoms with van der Waals surface area (Å²) in [7, 11) is 0. The zero-order valence-corrected chi connectivity index (χ0v) is 40.1. The Hall–Kier alpha value is -1.47. The summed E-state index contributed by atoms with van der Waals surface area (Å²) in [6.07, 6.45) is 0.877. The highest BCUT2D eigenvalue weighted by Gasteiger charge is 2.53. The lowest BCUT2D eigenvalue weighted by Gasteiger charge is -2.48. The van der Waals surface area contributed by atoms with Gasteiger partial charge in [-0.2, -0.15) is 0 Å². The summed E-state index contributed by atoms with van der Waals surface area (Å²) >= 11 is 0. The average molecular weight is 968 g/mol. The van der Waals surface area contributed by atoms with Crippen LogP contribution in [0.5, 0.6) is 0 Å². The van der Waals surface area contributed by atoms with Gasteiger partial charge < -0.3 is 89.9 Å². The first-order chi connectivity index (χ1) is 32.3. The molecular weight excluding hydrogens is 879 g/mol. The molecule has 67 heavy (non-hydrogen) atoms. The molecule has 12 N–H and O–H groups in total. The molecule has 0 spiro atoms. The lowest BCUT2D eigenvalue weighted by atomic mass is 9.96. The molecule has 19 nitrogen and oxygen atoms in total. The predicted molar refractivity (Wildman–Crippen MR) is 245 cm³/mol. The van der Waals surface area contributed by atoms with Crippen molar-refractivity contribution in [1.82, 2.24) is 5.32 Å². The number of unbranched alkanes of at least 4 members (excludes halogenated alkanes) is 19. The van der Waals surface area contributed by atoms with Gasteiger partial charge in [0.05, 0.1) is 38.6 Å². The van der Waals surface area contributed by atoms with Gasteiger partial charge in [0.1, 0.15) is 73.2 Å². The number of amides is 1. The Morgan fingerprint density at radius 3 is 1.40 bits per heavy atom. The molecule has 3 rings (SSSR count). The zero-order valence-electron chi connectivity index (χ0n) is 40.1. The van der Waals surface area contributed by atoms with Crippen LogP contribution in [0, 0.1) is 0 Å². The molecule has 17 unspecified atom stereocenters. The molecule has 3 aliphatic heterocycles. The molecular formula is C48H89NO18. The molecule has 1 amide bonds. The largest absolute Gasteiger partial charge is 0.394 e. The summed E-state index contributed by atoms with van der Waals surface area (Å²) in [5.41, 5.74) is 0. The summed E-state index contributed by atoms with van der Waals surface area (Å²) in [5, 5.41) is 119. The van der Waals surface area contributed by atoms with E-state index in [0.29, 0.717) is 6.42 Å². The SMILES string of the molecule is CCCCCCCCCCCCC/C=C/C(O)C(COC1OC(CO)C(OC2OC(CO)C(OC3OC(CO)C(O)C(O)C3O)C(O)C2O)C(O)C1O)NC(=O)CCCCCCCCCCC. The Bertz CT molecular complexity index is 1300. The predicted octanol–water partition coefficient (Wildman–Crippen LogP) is 1.48. The van der Waals surface area contributed by atoms with Crippen molar-refractivity contribution in [2.24, 2.45) is 0 Å². The number of carbonyl (C=O) groups is 1. The second-order valence-corrected chi connectivity index (χ2v) is 18.6. The number of nitrogens with one attached hydrogen (secondary N) is 1. The van der Waals surface area contributed by atoms with E-state index in [1.54, 1.807) is 6.08 Å². The van der Waals surface area contributed by atoms with Crippen LogP contribution >= 0.6 is 0 Å². The zero-order chi connectivity index (χ0) is 49.1. The van der Waals surface area contributed by atoms with Crippen molar-refractivity contribution in [2.45, 2.75) is 259 Å². The minimum Gasteiger partial charge on any atom is -0.394 e. The van der Waals surface area contributed by atoms with Gasteiger partial charge in [0.2, 0.25) is 5.91 Å². The van der Waals surface area contributed by atoms with Crippen LogP contribution in [0.1, 0.15) is 155 Å². The smallest absolute Gasteiger partial charge is 0.220 e. The number of hydrogen-bond acceptors (Lipinski definition) is 18. The molecule has 0 aromatic heterocycles. The average Bonchev–Trinajstić information content (AvgIpc) is 3.32. The highest BCUT2D eigenvalue weighted by molar-refractivity contribution is 5.76. The van der Waals surface area contributed by atoms with Crippen molar-refractivity contribution < 1.29 is 89.4 Å². The number of rotatable bonds is 35. The fraction of sp³-hybridized carbons (Fsp3) is 0.938. The molecule has 3 saturated heterocycles. The number of hydrogen-bond donors (Lipinski definition) is 12. The number of aliphatic hydroxyl groups is 11. The van der Waals surface area contributed by atoms with Crippen LogP contribution in [0.15, 0.2) is 12.2 Å². The van der Waals surface area contributed by atoms with E-state index in [4.69, 9.17) is 28.4 Å². The third-order valence-corrected chi connectivity index (χ3v) is 13.1. The van der Waals surface area contributed by atoms with Crippen molar-refractivity contribution in [2.75, 3.05) is 26.4 Å². The maximum atomic E-state index is 13.1. The molecule has 0 saturated carbocycles. The Morgan fingerprint density at radius 2 is 0.925 bits per heavy atom. The van der Waals surface area contributed by atoms with Crippen molar-refractivity contribution in [3.05, 3.63) is 12.2 Å². The van der Waals surface area contributed by atoms with Crippen molar-refractivity contribution in [3.63, 3.8) is 0 Å². The van der Waals surface area contributed by atoms with Gasteiger partial charge in [0.15, 0.2) is 18.9 Å². The van der Waals surface area contributed by atoms with Gasteiger partial charge in [0.25, 0.3) is 0 Å². The second kappa shape index (κ2) is 34.0. The van der Waals surface area contributed by atoms with Gasteiger partial charge in [-0.05, 0) is 19.3 Å². The highest BCUT2D eigenvalue weighted by Crippen LogP contribution is 2.33. The Morgan fingerprint density at radius 1 is 0.522 bits per heavy atom. The van der Waals surface area contributed by atoms with Gasteiger partial charge in [-0.1, -0.05) is 142 Å². The summed E-state index contributed by atoms with van der Waals surface area (Å²) < 4.78 is 34.0. The monoisotopic (exact) mass is 968 g/mol. The first-order valence-electron chi connectivity index (χ1n) is 25.4. The lowest BCUT2D eigenvalue weighted by Crippen LogP contribution is -2.66. The molecule has 0 aliphatic carbocycles. The van der Waals surface area contributed by atoms with Crippen LogP contribution < -0.4 is 5.32 Å². The Labute approximate surface area is 397 Å². The molecule has 3 aliphatic rings. The van der Waals surface area contributed by atoms with E-state index in [0.717, 1.165) is 44.9 Å². The van der Waals surface area contributed by atoms with Crippen molar-refractivity contribution in [3.8, 4) is 0 Å². The first-order valence-corrected chi connectivity index (χ1v) is 25.4. The molecule has 0 bridgehead atoms. The van der Waals surface area contributed by atoms with E-state index < -0.39 is 124 Å². The first kappa shape index (κ1) is 59.8. The molecule has 17 atom stereocenters. The fourth-order valence-electron chi connectivity index (χ4n) is 8.78. The second-order valence-electron chi connectivity index (χ2n) is 18.6. The topological polar surface area (TPSA) is 307 Å². The molecule has 3 heterocycles. The maximum Gasteiger partial charge on any atom is 0.220 e. The van der Waals surface area contributed by atoms with E-state index in [-0.39, 0.29) is 18.9 Å². The normalized spacial score (nSPS) is 33.5. The third-order valence-electron chi connectivity index (χ3n) is 13.1. The molecule has 19 heteroatoms. The van der Waals surface area contributed by atoms with Crippen LogP contribution in [0.25, 0.3) is 0 Å².